The molecule has 15 nitrogen and oxygen atoms in total. The molecular weight excluding hydrogens is 1100 g/mol. The van der Waals surface area contributed by atoms with Crippen LogP contribution in [0.4, 0.5) is 29.3 Å². The third kappa shape index (κ3) is 14.8. The Bertz CT molecular complexity index is 3060. The smallest absolute Gasteiger partial charge is 0.444 e. The zero-order chi connectivity index (χ0) is 56.3. The van der Waals surface area contributed by atoms with Gasteiger partial charge in [-0.05, 0) is 136 Å². The van der Waals surface area contributed by atoms with Gasteiger partial charge in [-0.25, -0.2) is 26.4 Å². The van der Waals surface area contributed by atoms with E-state index < -0.39 is 58.4 Å². The van der Waals surface area contributed by atoms with Gasteiger partial charge in [0.25, 0.3) is 25.8 Å². The molecule has 428 valence electrons. The molecule has 4 aromatic carbocycles. The monoisotopic (exact) mass is 1170 g/mol. The number of sulfonamides is 1. The summed E-state index contributed by atoms with van der Waals surface area (Å²) in [7, 11) is -11.0. The predicted octanol–water partition coefficient (Wildman–Crippen LogP) is 9.51. The van der Waals surface area contributed by atoms with Gasteiger partial charge in [-0.1, -0.05) is 54.4 Å². The summed E-state index contributed by atoms with van der Waals surface area (Å²) in [5.41, 5.74) is -1.93. The number of morpholine rings is 1. The van der Waals surface area contributed by atoms with Crippen molar-refractivity contribution in [3.8, 4) is 0 Å². The number of nitrogens with one attached hydrogen (secondary N) is 2. The minimum absolute atomic E-state index is 0.0177. The zero-order valence-electron chi connectivity index (χ0n) is 45.1. The topological polar surface area (TPSA) is 161 Å². The molecule has 2 amide bonds. The Kier molecular flexibility index (Phi) is 18.1. The van der Waals surface area contributed by atoms with Crippen molar-refractivity contribution < 1.29 is 49.1 Å². The minimum atomic E-state index is -6.08. The molecule has 22 heteroatoms. The lowest BCUT2D eigenvalue weighted by atomic mass is 9.71. The lowest BCUT2D eigenvalue weighted by molar-refractivity contribution is -0.0436. The summed E-state index contributed by atoms with van der Waals surface area (Å²) in [6.45, 7) is 17.4. The number of allylic oxidation sites excluding steroid dienone is 1. The van der Waals surface area contributed by atoms with E-state index in [1.165, 1.54) is 40.6 Å². The van der Waals surface area contributed by atoms with Gasteiger partial charge >= 0.3 is 11.6 Å². The quantitative estimate of drug-likeness (QED) is 0.0907. The molecule has 4 heterocycles. The molecule has 2 bridgehead atoms. The standard InChI is InChI=1S/C57H71ClF3N7O8S3/c1-55(2,3)76-54(70)67-30-26-65(27-31-67)39-56(4)22-20-50(40-10-14-43(58)15-11-40)42(34-56)35-64-24-28-66(29-25-64)45-16-12-41(13-17-45)53(69)63-79(73,74)49-18-19-51(52(33-49)78(71,72)57(59,60)61)62-44(38-77-48-8-6-5-7-9-48)21-23-68-36-47-32-46(68)37-75-47/h5-19,33,44,46-47,62H,20-32,34-39H2,1-4H3,(H,63,69)/t44-,46-,47-,56-/m1/s1. The van der Waals surface area contributed by atoms with Crippen LogP contribution in [-0.4, -0.2) is 169 Å². The largest absolute Gasteiger partial charge is 0.501 e. The number of benzene rings is 4. The fourth-order valence-electron chi connectivity index (χ4n) is 11.4. The molecule has 5 aliphatic rings. The summed E-state index contributed by atoms with van der Waals surface area (Å²) in [6.07, 6.45) is 4.11. The normalized spacial score (nSPS) is 22.3. The van der Waals surface area contributed by atoms with Gasteiger partial charge in [0.1, 0.15) is 10.5 Å². The lowest BCUT2D eigenvalue weighted by Crippen LogP contribution is -2.52. The van der Waals surface area contributed by atoms with Crippen LogP contribution in [-0.2, 0) is 29.3 Å². The van der Waals surface area contributed by atoms with Crippen LogP contribution in [0.3, 0.4) is 0 Å². The van der Waals surface area contributed by atoms with Gasteiger partial charge in [0.15, 0.2) is 0 Å². The Labute approximate surface area is 472 Å². The highest BCUT2D eigenvalue weighted by Crippen LogP contribution is 2.44. The molecule has 0 saturated carbocycles. The number of piperazine rings is 2. The maximum Gasteiger partial charge on any atom is 0.501 e. The van der Waals surface area contributed by atoms with Crippen molar-refractivity contribution in [1.29, 1.82) is 0 Å². The summed E-state index contributed by atoms with van der Waals surface area (Å²) >= 11 is 7.78. The Morgan fingerprint density at radius 1 is 0.873 bits per heavy atom. The van der Waals surface area contributed by atoms with Gasteiger partial charge in [-0.2, -0.15) is 13.2 Å². The van der Waals surface area contributed by atoms with Crippen molar-refractivity contribution in [2.75, 3.05) is 101 Å². The number of likely N-dealkylation sites (tertiary alicyclic amines) is 1. The summed E-state index contributed by atoms with van der Waals surface area (Å²) < 4.78 is 110. The first kappa shape index (κ1) is 58.8. The summed E-state index contributed by atoms with van der Waals surface area (Å²) in [6, 6.07) is 26.1. The average molecular weight is 1170 g/mol. The highest BCUT2D eigenvalue weighted by molar-refractivity contribution is 7.99. The Hall–Kier alpha value is -4.87. The van der Waals surface area contributed by atoms with E-state index in [0.29, 0.717) is 62.6 Å². The lowest BCUT2D eigenvalue weighted by Gasteiger charge is -2.44. The van der Waals surface area contributed by atoms with E-state index in [1.807, 2.05) is 68.0 Å². The number of amides is 2. The van der Waals surface area contributed by atoms with Gasteiger partial charge in [0.05, 0.1) is 23.3 Å². The van der Waals surface area contributed by atoms with Crippen LogP contribution in [0, 0.1) is 5.41 Å². The maximum absolute atomic E-state index is 14.3. The third-order valence-corrected chi connectivity index (χ3v) is 19.8. The second-order valence-electron chi connectivity index (χ2n) is 22.8. The van der Waals surface area contributed by atoms with E-state index in [9.17, 15) is 39.6 Å². The number of ether oxygens (including phenoxy) is 2. The average Bonchev–Trinajstić information content (AvgIpc) is 4.04. The Morgan fingerprint density at radius 3 is 2.19 bits per heavy atom. The summed E-state index contributed by atoms with van der Waals surface area (Å²) in [5, 5.41) is 3.72. The van der Waals surface area contributed by atoms with E-state index in [0.717, 1.165) is 94.2 Å². The molecule has 4 atom stereocenters. The van der Waals surface area contributed by atoms with Gasteiger partial charge in [-0.3, -0.25) is 19.5 Å². The van der Waals surface area contributed by atoms with Gasteiger partial charge < -0.3 is 24.6 Å². The van der Waals surface area contributed by atoms with Crippen molar-refractivity contribution in [3.05, 3.63) is 119 Å². The second-order valence-corrected chi connectivity index (χ2v) is 27.9. The predicted molar refractivity (Wildman–Crippen MR) is 303 cm³/mol. The minimum Gasteiger partial charge on any atom is -0.444 e. The number of carbonyl (C=O) groups is 2. The number of anilines is 2. The van der Waals surface area contributed by atoms with Crippen LogP contribution in [0.15, 0.2) is 117 Å². The molecule has 4 fully saturated rings. The molecule has 1 aliphatic carbocycles. The maximum atomic E-state index is 14.3. The van der Waals surface area contributed by atoms with Gasteiger partial charge in [-0.15, -0.1) is 11.8 Å². The van der Waals surface area contributed by atoms with E-state index >= 15 is 0 Å². The number of carbonyl (C=O) groups excluding carboxylic acids is 2. The summed E-state index contributed by atoms with van der Waals surface area (Å²) in [5.74, 6) is -0.670. The van der Waals surface area contributed by atoms with Crippen LogP contribution >= 0.6 is 23.4 Å². The second kappa shape index (κ2) is 24.3. The number of sulfone groups is 1. The first-order valence-electron chi connectivity index (χ1n) is 27.0. The molecule has 4 aliphatic heterocycles. The first-order chi connectivity index (χ1) is 37.4. The number of halogens is 4. The van der Waals surface area contributed by atoms with Crippen molar-refractivity contribution in [3.63, 3.8) is 0 Å². The van der Waals surface area contributed by atoms with Crippen LogP contribution in [0.2, 0.25) is 5.02 Å². The van der Waals surface area contributed by atoms with E-state index in [1.54, 1.807) is 17.0 Å². The van der Waals surface area contributed by atoms with Crippen molar-refractivity contribution >= 4 is 72.2 Å². The number of thioether (sulfide) groups is 1. The number of alkyl halides is 3. The van der Waals surface area contributed by atoms with Crippen LogP contribution < -0.4 is 14.9 Å². The Balaban J connectivity index is 0.830. The number of fused-ring (bicyclic) bond motifs is 2. The molecule has 0 spiro atoms. The van der Waals surface area contributed by atoms with Crippen molar-refractivity contribution in [1.82, 2.24) is 24.3 Å². The molecule has 2 N–H and O–H groups in total. The fourth-order valence-corrected chi connectivity index (χ4v) is 14.5. The number of rotatable bonds is 18. The highest BCUT2D eigenvalue weighted by Gasteiger charge is 2.49. The first-order valence-corrected chi connectivity index (χ1v) is 31.3. The molecule has 79 heavy (non-hydrogen) atoms. The number of hydrogen-bond acceptors (Lipinski definition) is 14. The molecule has 0 aromatic heterocycles. The molecule has 4 saturated heterocycles. The van der Waals surface area contributed by atoms with E-state index in [4.69, 9.17) is 21.1 Å². The van der Waals surface area contributed by atoms with Crippen LogP contribution in [0.25, 0.3) is 5.57 Å². The molecule has 9 rings (SSSR count). The highest BCUT2D eigenvalue weighted by atomic mass is 35.5. The molecule has 0 unspecified atom stereocenters. The Morgan fingerprint density at radius 2 is 1.56 bits per heavy atom. The van der Waals surface area contributed by atoms with Crippen LogP contribution in [0.5, 0.6) is 0 Å². The number of nitrogens with zero attached hydrogens (tertiary/aromatic N) is 5. The molecule has 4 aromatic rings. The van der Waals surface area contributed by atoms with Crippen LogP contribution in [0.1, 0.15) is 75.7 Å². The summed E-state index contributed by atoms with van der Waals surface area (Å²) in [4.78, 5) is 36.3. The fraction of sp³-hybridized carbons (Fsp3) is 0.509. The molecular formula is C57H71ClF3N7O8S3. The van der Waals surface area contributed by atoms with E-state index in [2.05, 4.69) is 44.0 Å². The molecule has 0 radical (unpaired) electrons. The van der Waals surface area contributed by atoms with Crippen molar-refractivity contribution in [2.24, 2.45) is 5.41 Å². The van der Waals surface area contributed by atoms with Crippen molar-refractivity contribution in [2.45, 2.75) is 104 Å². The van der Waals surface area contributed by atoms with Gasteiger partial charge in [0, 0.05) is 118 Å². The van der Waals surface area contributed by atoms with E-state index in [-0.39, 0.29) is 29.2 Å². The third-order valence-electron chi connectivity index (χ3n) is 15.6. The number of hydrogen-bond donors (Lipinski definition) is 2. The zero-order valence-corrected chi connectivity index (χ0v) is 48.3. The van der Waals surface area contributed by atoms with Gasteiger partial charge in [0.2, 0.25) is 0 Å². The SMILES string of the molecule is CC(C)(C)OC(=O)N1CCN(C[C@]2(C)CCC(c3ccc(Cl)cc3)=C(CN3CCN(c4ccc(C(=O)NS(=O)(=O)c5ccc(N[C@H](CCN6C[C@H]7C[C@@H]6CO7)CSc6ccccc6)c(S(=O)(=O)C(F)(F)F)c5)cc4)CC3)C2)CC1.